The number of nitrogens with two attached hydrogens (primary N) is 1. The second kappa shape index (κ2) is 5.57. The van der Waals surface area contributed by atoms with E-state index in [1.807, 2.05) is 0 Å². The second-order valence-corrected chi connectivity index (χ2v) is 8.42. The first kappa shape index (κ1) is 15.3. The number of carbonyl (C=O) groups excluding carboxylic acids is 1. The first-order chi connectivity index (χ1) is 9.93. The molecule has 3 nitrogen and oxygen atoms in total. The van der Waals surface area contributed by atoms with Crippen LogP contribution in [-0.4, -0.2) is 18.0 Å². The number of hydrogen-bond donors (Lipinski definition) is 2. The molecule has 3 heteroatoms. The highest BCUT2D eigenvalue weighted by Gasteiger charge is 2.53. The summed E-state index contributed by atoms with van der Waals surface area (Å²) in [5.41, 5.74) is 6.47. The minimum absolute atomic E-state index is 0.0626. The predicted octanol–water partition coefficient (Wildman–Crippen LogP) is 3.08. The van der Waals surface area contributed by atoms with Crippen molar-refractivity contribution >= 4 is 5.91 Å². The minimum Gasteiger partial charge on any atom is -0.352 e. The van der Waals surface area contributed by atoms with Crippen molar-refractivity contribution in [2.24, 2.45) is 34.8 Å². The Morgan fingerprint density at radius 1 is 1.14 bits per heavy atom. The van der Waals surface area contributed by atoms with Crippen molar-refractivity contribution in [1.29, 1.82) is 0 Å². The van der Waals surface area contributed by atoms with Crippen LogP contribution >= 0.6 is 0 Å². The molecule has 0 aromatic heterocycles. The van der Waals surface area contributed by atoms with Crippen LogP contribution in [0.4, 0.5) is 0 Å². The summed E-state index contributed by atoms with van der Waals surface area (Å²) in [6.07, 6.45) is 9.31. The van der Waals surface area contributed by atoms with Crippen LogP contribution in [0.1, 0.15) is 65.7 Å². The Morgan fingerprint density at radius 3 is 2.05 bits per heavy atom. The molecule has 0 aliphatic heterocycles. The molecule has 21 heavy (non-hydrogen) atoms. The Morgan fingerprint density at radius 2 is 1.62 bits per heavy atom. The predicted molar refractivity (Wildman–Crippen MR) is 85.6 cm³/mol. The third-order valence-electron chi connectivity index (χ3n) is 6.92. The Bertz CT molecular complexity index is 371. The fourth-order valence-electron chi connectivity index (χ4n) is 5.68. The average Bonchev–Trinajstić information content (AvgIpc) is 2.44. The molecule has 4 rings (SSSR count). The minimum atomic E-state index is -0.355. The maximum absolute atomic E-state index is 12.4. The maximum atomic E-state index is 12.4. The van der Waals surface area contributed by atoms with Gasteiger partial charge in [-0.25, -0.2) is 0 Å². The molecule has 3 N–H and O–H groups in total. The van der Waals surface area contributed by atoms with Gasteiger partial charge in [0.05, 0.1) is 6.04 Å². The van der Waals surface area contributed by atoms with E-state index < -0.39 is 0 Å². The van der Waals surface area contributed by atoms with Gasteiger partial charge in [-0.15, -0.1) is 0 Å². The molecular formula is C18H32N2O. The van der Waals surface area contributed by atoms with Crippen LogP contribution in [0.3, 0.4) is 0 Å². The van der Waals surface area contributed by atoms with E-state index in [0.717, 1.165) is 24.2 Å². The van der Waals surface area contributed by atoms with Crippen molar-refractivity contribution < 1.29 is 4.79 Å². The number of rotatable bonds is 5. The zero-order valence-corrected chi connectivity index (χ0v) is 13.9. The van der Waals surface area contributed by atoms with Gasteiger partial charge in [0.2, 0.25) is 5.91 Å². The van der Waals surface area contributed by atoms with E-state index in [-0.39, 0.29) is 23.9 Å². The molecule has 4 aliphatic carbocycles. The highest BCUT2D eigenvalue weighted by Crippen LogP contribution is 2.61. The molecule has 4 saturated carbocycles. The molecule has 0 spiro atoms. The summed E-state index contributed by atoms with van der Waals surface area (Å²) >= 11 is 0. The van der Waals surface area contributed by atoms with Crippen molar-refractivity contribution in [3.63, 3.8) is 0 Å². The first-order valence-corrected chi connectivity index (χ1v) is 8.99. The lowest BCUT2D eigenvalue weighted by Crippen LogP contribution is -2.58. The van der Waals surface area contributed by atoms with Crippen LogP contribution in [0.25, 0.3) is 0 Å². The van der Waals surface area contributed by atoms with Crippen LogP contribution in [0.2, 0.25) is 0 Å². The Labute approximate surface area is 129 Å². The van der Waals surface area contributed by atoms with E-state index in [0.29, 0.717) is 5.41 Å². The summed E-state index contributed by atoms with van der Waals surface area (Å²) in [6, 6.07) is -0.0696. The van der Waals surface area contributed by atoms with Gasteiger partial charge in [0.15, 0.2) is 0 Å². The van der Waals surface area contributed by atoms with Crippen molar-refractivity contribution in [2.75, 3.05) is 0 Å². The molecule has 0 radical (unpaired) electrons. The van der Waals surface area contributed by atoms with Gasteiger partial charge in [0, 0.05) is 6.04 Å². The topological polar surface area (TPSA) is 55.1 Å². The van der Waals surface area contributed by atoms with Gasteiger partial charge >= 0.3 is 0 Å². The zero-order valence-electron chi connectivity index (χ0n) is 13.9. The molecule has 1 amide bonds. The largest absolute Gasteiger partial charge is 0.352 e. The van der Waals surface area contributed by atoms with E-state index >= 15 is 0 Å². The standard InChI is InChI=1S/C18H32N2O/c1-4-11(2)16(19)17(21)20-12(3)18-8-13-5-14(9-18)7-15(6-13)10-18/h11-16H,4-10,19H2,1-3H3,(H,20,21). The molecule has 3 atom stereocenters. The van der Waals surface area contributed by atoms with Crippen molar-refractivity contribution in [3.05, 3.63) is 0 Å². The molecule has 0 aromatic carbocycles. The molecule has 4 aliphatic rings. The van der Waals surface area contributed by atoms with E-state index in [1.165, 1.54) is 38.5 Å². The Kier molecular flexibility index (Phi) is 4.06. The van der Waals surface area contributed by atoms with Crippen molar-refractivity contribution in [1.82, 2.24) is 5.32 Å². The molecule has 120 valence electrons. The van der Waals surface area contributed by atoms with Gasteiger partial charge in [-0.3, -0.25) is 4.79 Å². The third kappa shape index (κ3) is 2.74. The van der Waals surface area contributed by atoms with Crippen molar-refractivity contribution in [3.8, 4) is 0 Å². The van der Waals surface area contributed by atoms with Gasteiger partial charge in [0.25, 0.3) is 0 Å². The summed E-state index contributed by atoms with van der Waals surface area (Å²) in [6.45, 7) is 6.40. The smallest absolute Gasteiger partial charge is 0.237 e. The normalized spacial score (nSPS) is 41.6. The molecule has 4 fully saturated rings. The SMILES string of the molecule is CCC(C)C(N)C(=O)NC(C)C12CC3CC(CC(C3)C1)C2. The first-order valence-electron chi connectivity index (χ1n) is 8.99. The summed E-state index contributed by atoms with van der Waals surface area (Å²) < 4.78 is 0. The van der Waals surface area contributed by atoms with E-state index in [2.05, 4.69) is 26.1 Å². The van der Waals surface area contributed by atoms with E-state index in [1.54, 1.807) is 0 Å². The number of hydrogen-bond acceptors (Lipinski definition) is 2. The second-order valence-electron chi connectivity index (χ2n) is 8.42. The van der Waals surface area contributed by atoms with Gasteiger partial charge in [-0.05, 0) is 74.5 Å². The summed E-state index contributed by atoms with van der Waals surface area (Å²) in [5.74, 6) is 3.11. The summed E-state index contributed by atoms with van der Waals surface area (Å²) in [5, 5.41) is 3.29. The van der Waals surface area contributed by atoms with Gasteiger partial charge < -0.3 is 11.1 Å². The summed E-state index contributed by atoms with van der Waals surface area (Å²) in [7, 11) is 0. The highest BCUT2D eigenvalue weighted by molar-refractivity contribution is 5.82. The molecule has 4 bridgehead atoms. The number of nitrogens with one attached hydrogen (secondary N) is 1. The lowest BCUT2D eigenvalue weighted by atomic mass is 9.48. The monoisotopic (exact) mass is 292 g/mol. The van der Waals surface area contributed by atoms with Crippen LogP contribution in [0.5, 0.6) is 0 Å². The Hall–Kier alpha value is -0.570. The summed E-state index contributed by atoms with van der Waals surface area (Å²) in [4.78, 5) is 12.4. The van der Waals surface area contributed by atoms with E-state index in [4.69, 9.17) is 5.73 Å². The lowest BCUT2D eigenvalue weighted by molar-refractivity contribution is -0.128. The number of amides is 1. The fourth-order valence-corrected chi connectivity index (χ4v) is 5.68. The zero-order chi connectivity index (χ0) is 15.2. The molecule has 0 saturated heterocycles. The van der Waals surface area contributed by atoms with Gasteiger partial charge in [-0.2, -0.15) is 0 Å². The molecule has 0 aromatic rings. The Balaban J connectivity index is 1.65. The van der Waals surface area contributed by atoms with Crippen LogP contribution in [0, 0.1) is 29.1 Å². The van der Waals surface area contributed by atoms with E-state index in [9.17, 15) is 4.79 Å². The van der Waals surface area contributed by atoms with Gasteiger partial charge in [0.1, 0.15) is 0 Å². The number of carbonyl (C=O) groups is 1. The fraction of sp³-hybridized carbons (Fsp3) is 0.944. The highest BCUT2D eigenvalue weighted by atomic mass is 16.2. The molecule has 3 unspecified atom stereocenters. The quantitative estimate of drug-likeness (QED) is 0.818. The third-order valence-corrected chi connectivity index (χ3v) is 6.92. The van der Waals surface area contributed by atoms with Crippen LogP contribution < -0.4 is 11.1 Å². The van der Waals surface area contributed by atoms with Gasteiger partial charge in [-0.1, -0.05) is 20.3 Å². The van der Waals surface area contributed by atoms with Crippen molar-refractivity contribution in [2.45, 2.75) is 77.8 Å². The maximum Gasteiger partial charge on any atom is 0.237 e. The molecular weight excluding hydrogens is 260 g/mol. The lowest BCUT2D eigenvalue weighted by Gasteiger charge is -2.59. The van der Waals surface area contributed by atoms with Crippen LogP contribution in [0.15, 0.2) is 0 Å². The van der Waals surface area contributed by atoms with Crippen LogP contribution in [-0.2, 0) is 4.79 Å². The molecule has 0 heterocycles. The average molecular weight is 292 g/mol.